The molecule has 2 aliphatic heterocycles. The number of anilines is 2. The maximum absolute atomic E-state index is 13.8. The van der Waals surface area contributed by atoms with Gasteiger partial charge >= 0.3 is 0 Å². The fourth-order valence-electron chi connectivity index (χ4n) is 3.76. The number of hydrogen-bond acceptors (Lipinski definition) is 5. The van der Waals surface area contributed by atoms with Crippen LogP contribution in [0.2, 0.25) is 0 Å². The van der Waals surface area contributed by atoms with Gasteiger partial charge in [-0.3, -0.25) is 0 Å². The van der Waals surface area contributed by atoms with E-state index in [-0.39, 0.29) is 11.9 Å². The number of piperidine rings is 2. The minimum absolute atomic E-state index is 0.0791. The van der Waals surface area contributed by atoms with Crippen molar-refractivity contribution in [1.82, 2.24) is 9.97 Å². The Morgan fingerprint density at radius 3 is 2.19 bits per heavy atom. The van der Waals surface area contributed by atoms with E-state index in [0.717, 1.165) is 56.7 Å². The Labute approximate surface area is 158 Å². The molecule has 2 aromatic rings. The second-order valence-corrected chi connectivity index (χ2v) is 7.16. The van der Waals surface area contributed by atoms with Crippen molar-refractivity contribution in [3.8, 4) is 5.75 Å². The minimum atomic E-state index is -0.653. The Morgan fingerprint density at radius 2 is 1.52 bits per heavy atom. The van der Waals surface area contributed by atoms with Gasteiger partial charge in [0.1, 0.15) is 29.9 Å². The van der Waals surface area contributed by atoms with E-state index in [1.807, 2.05) is 0 Å². The summed E-state index contributed by atoms with van der Waals surface area (Å²) in [5.41, 5.74) is 0. The third-order valence-electron chi connectivity index (χ3n) is 5.27. The first-order valence-corrected chi connectivity index (χ1v) is 9.63. The van der Waals surface area contributed by atoms with Crippen LogP contribution in [0.5, 0.6) is 5.75 Å². The van der Waals surface area contributed by atoms with Crippen LogP contribution in [0.3, 0.4) is 0 Å². The van der Waals surface area contributed by atoms with Gasteiger partial charge in [0.25, 0.3) is 0 Å². The summed E-state index contributed by atoms with van der Waals surface area (Å²) < 4.78 is 32.5. The predicted octanol–water partition coefficient (Wildman–Crippen LogP) is 3.79. The van der Waals surface area contributed by atoms with Crippen LogP contribution in [-0.2, 0) is 0 Å². The average molecular weight is 374 g/mol. The van der Waals surface area contributed by atoms with Crippen molar-refractivity contribution < 1.29 is 13.5 Å². The average Bonchev–Trinajstić information content (AvgIpc) is 2.71. The summed E-state index contributed by atoms with van der Waals surface area (Å²) in [4.78, 5) is 13.4. The molecule has 144 valence electrons. The molecule has 2 fully saturated rings. The van der Waals surface area contributed by atoms with E-state index in [1.165, 1.54) is 31.4 Å². The molecule has 1 aromatic carbocycles. The van der Waals surface area contributed by atoms with Gasteiger partial charge in [-0.1, -0.05) is 0 Å². The van der Waals surface area contributed by atoms with E-state index in [4.69, 9.17) is 4.74 Å². The van der Waals surface area contributed by atoms with Crippen molar-refractivity contribution in [2.45, 2.75) is 38.2 Å². The zero-order valence-corrected chi connectivity index (χ0v) is 15.3. The molecule has 2 saturated heterocycles. The first kappa shape index (κ1) is 17.9. The summed E-state index contributed by atoms with van der Waals surface area (Å²) in [6.07, 6.45) is 6.79. The number of halogens is 2. The van der Waals surface area contributed by atoms with Gasteiger partial charge in [0.2, 0.25) is 0 Å². The van der Waals surface area contributed by atoms with Crippen LogP contribution in [0, 0.1) is 11.6 Å². The standard InChI is InChI=1S/C20H24F2N4O/c21-15-4-5-18(17(22)12-15)27-16-6-10-26(11-7-16)20-13-19(23-14-24-20)25-8-2-1-3-9-25/h4-5,12-14,16H,1-3,6-11H2. The largest absolute Gasteiger partial charge is 0.487 e. The lowest BCUT2D eigenvalue weighted by molar-refractivity contribution is 0.163. The minimum Gasteiger partial charge on any atom is -0.487 e. The molecule has 0 aliphatic carbocycles. The van der Waals surface area contributed by atoms with Crippen LogP contribution < -0.4 is 14.5 Å². The molecule has 0 unspecified atom stereocenters. The lowest BCUT2D eigenvalue weighted by atomic mass is 10.1. The maximum Gasteiger partial charge on any atom is 0.167 e. The molecule has 0 atom stereocenters. The smallest absolute Gasteiger partial charge is 0.167 e. The van der Waals surface area contributed by atoms with E-state index in [1.54, 1.807) is 6.33 Å². The Kier molecular flexibility index (Phi) is 5.36. The Balaban J connectivity index is 1.36. The SMILES string of the molecule is Fc1ccc(OC2CCN(c3cc(N4CCCCC4)ncn3)CC2)c(F)c1. The lowest BCUT2D eigenvalue weighted by Crippen LogP contribution is -2.39. The zero-order chi connectivity index (χ0) is 18.6. The third-order valence-corrected chi connectivity index (χ3v) is 5.27. The molecule has 0 saturated carbocycles. The number of hydrogen-bond donors (Lipinski definition) is 0. The van der Waals surface area contributed by atoms with Gasteiger partial charge in [-0.05, 0) is 31.4 Å². The molecule has 1 aromatic heterocycles. The fraction of sp³-hybridized carbons (Fsp3) is 0.500. The second kappa shape index (κ2) is 8.06. The van der Waals surface area contributed by atoms with Crippen LogP contribution in [0.4, 0.5) is 20.4 Å². The Morgan fingerprint density at radius 1 is 0.852 bits per heavy atom. The maximum atomic E-state index is 13.8. The van der Waals surface area contributed by atoms with Crippen molar-refractivity contribution in [3.05, 3.63) is 42.2 Å². The van der Waals surface area contributed by atoms with Gasteiger partial charge in [-0.15, -0.1) is 0 Å². The normalized spacial score (nSPS) is 18.6. The zero-order valence-electron chi connectivity index (χ0n) is 15.3. The van der Waals surface area contributed by atoms with Gasteiger partial charge in [0.05, 0.1) is 0 Å². The van der Waals surface area contributed by atoms with Crippen molar-refractivity contribution in [2.24, 2.45) is 0 Å². The molecule has 2 aliphatic rings. The summed E-state index contributed by atoms with van der Waals surface area (Å²) >= 11 is 0. The highest BCUT2D eigenvalue weighted by molar-refractivity contribution is 5.50. The molecule has 0 amide bonds. The van der Waals surface area contributed by atoms with Crippen LogP contribution in [-0.4, -0.2) is 42.3 Å². The number of aromatic nitrogens is 2. The third kappa shape index (κ3) is 4.28. The van der Waals surface area contributed by atoms with E-state index >= 15 is 0 Å². The summed E-state index contributed by atoms with van der Waals surface area (Å²) in [6.45, 7) is 3.67. The molecule has 5 nitrogen and oxygen atoms in total. The van der Waals surface area contributed by atoms with Crippen LogP contribution in [0.15, 0.2) is 30.6 Å². The van der Waals surface area contributed by atoms with Crippen molar-refractivity contribution in [1.29, 1.82) is 0 Å². The number of rotatable bonds is 4. The monoisotopic (exact) mass is 374 g/mol. The van der Waals surface area contributed by atoms with E-state index in [2.05, 4.69) is 25.8 Å². The fourth-order valence-corrected chi connectivity index (χ4v) is 3.76. The molecule has 3 heterocycles. The Bertz CT molecular complexity index is 774. The molecule has 27 heavy (non-hydrogen) atoms. The topological polar surface area (TPSA) is 41.5 Å². The van der Waals surface area contributed by atoms with Gasteiger partial charge in [0.15, 0.2) is 11.6 Å². The first-order valence-electron chi connectivity index (χ1n) is 9.63. The van der Waals surface area contributed by atoms with Crippen LogP contribution in [0.25, 0.3) is 0 Å². The van der Waals surface area contributed by atoms with Gasteiger partial charge < -0.3 is 14.5 Å². The highest BCUT2D eigenvalue weighted by atomic mass is 19.1. The molecular formula is C20H24F2N4O. The van der Waals surface area contributed by atoms with Gasteiger partial charge in [-0.2, -0.15) is 0 Å². The molecule has 0 bridgehead atoms. The van der Waals surface area contributed by atoms with E-state index in [0.29, 0.717) is 0 Å². The molecule has 7 heteroatoms. The molecular weight excluding hydrogens is 350 g/mol. The van der Waals surface area contributed by atoms with E-state index < -0.39 is 11.6 Å². The highest BCUT2D eigenvalue weighted by Gasteiger charge is 2.23. The Hall–Kier alpha value is -2.44. The first-order chi connectivity index (χ1) is 13.2. The molecule has 4 rings (SSSR count). The number of ether oxygens (including phenoxy) is 1. The number of nitrogens with zero attached hydrogens (tertiary/aromatic N) is 4. The van der Waals surface area contributed by atoms with Crippen LogP contribution in [0.1, 0.15) is 32.1 Å². The summed E-state index contributed by atoms with van der Waals surface area (Å²) in [6, 6.07) is 5.49. The summed E-state index contributed by atoms with van der Waals surface area (Å²) in [5.74, 6) is 0.787. The lowest BCUT2D eigenvalue weighted by Gasteiger charge is -2.34. The molecule has 0 radical (unpaired) electrons. The van der Waals surface area contributed by atoms with E-state index in [9.17, 15) is 8.78 Å². The van der Waals surface area contributed by atoms with Crippen molar-refractivity contribution >= 4 is 11.6 Å². The summed E-state index contributed by atoms with van der Waals surface area (Å²) in [5, 5.41) is 0. The second-order valence-electron chi connectivity index (χ2n) is 7.16. The van der Waals surface area contributed by atoms with Gasteiger partial charge in [0, 0.05) is 51.2 Å². The molecule has 0 spiro atoms. The van der Waals surface area contributed by atoms with Crippen molar-refractivity contribution in [3.63, 3.8) is 0 Å². The summed E-state index contributed by atoms with van der Waals surface area (Å²) in [7, 11) is 0. The number of benzene rings is 1. The highest BCUT2D eigenvalue weighted by Crippen LogP contribution is 2.26. The molecule has 0 N–H and O–H groups in total. The quantitative estimate of drug-likeness (QED) is 0.814. The predicted molar refractivity (Wildman–Crippen MR) is 100 cm³/mol. The van der Waals surface area contributed by atoms with Crippen LogP contribution >= 0.6 is 0 Å². The van der Waals surface area contributed by atoms with Gasteiger partial charge in [-0.25, -0.2) is 18.7 Å². The van der Waals surface area contributed by atoms with Crippen molar-refractivity contribution in [2.75, 3.05) is 36.0 Å².